The fraction of sp³-hybridized carbons (Fsp3) is 0.143. The van der Waals surface area contributed by atoms with E-state index in [0.717, 1.165) is 17.8 Å². The van der Waals surface area contributed by atoms with Crippen molar-refractivity contribution in [1.82, 2.24) is 19.5 Å². The summed E-state index contributed by atoms with van der Waals surface area (Å²) in [5.41, 5.74) is 3.08. The largest absolute Gasteiger partial charge is 0.309 e. The van der Waals surface area contributed by atoms with E-state index in [-0.39, 0.29) is 11.6 Å². The van der Waals surface area contributed by atoms with Crippen molar-refractivity contribution in [2.45, 2.75) is 19.4 Å². The van der Waals surface area contributed by atoms with Crippen LogP contribution in [-0.4, -0.2) is 25.6 Å². The minimum absolute atomic E-state index is 0.179. The highest BCUT2D eigenvalue weighted by Crippen LogP contribution is 2.36. The van der Waals surface area contributed by atoms with Gasteiger partial charge in [0.25, 0.3) is 5.56 Å². The topological polar surface area (TPSA) is 66.8 Å². The van der Waals surface area contributed by atoms with Crippen LogP contribution in [0.3, 0.4) is 0 Å². The maximum Gasteiger partial charge on any atom is 0.264 e. The third-order valence-electron chi connectivity index (χ3n) is 5.16. The Balaban J connectivity index is 1.67. The molecule has 1 atom stereocenters. The van der Waals surface area contributed by atoms with Gasteiger partial charge in [-0.2, -0.15) is 4.98 Å². The van der Waals surface area contributed by atoms with Crippen LogP contribution in [0.15, 0.2) is 59.7 Å². The molecule has 0 saturated carbocycles. The van der Waals surface area contributed by atoms with E-state index in [2.05, 4.69) is 27.9 Å². The zero-order valence-corrected chi connectivity index (χ0v) is 17.0. The molecule has 5 rings (SSSR count). The number of hydrogen-bond acceptors (Lipinski definition) is 5. The van der Waals surface area contributed by atoms with Crippen LogP contribution in [-0.2, 0) is 6.42 Å². The van der Waals surface area contributed by atoms with Crippen molar-refractivity contribution in [3.8, 4) is 5.69 Å². The molecule has 3 heterocycles. The lowest BCUT2D eigenvalue weighted by atomic mass is 10.1. The summed E-state index contributed by atoms with van der Waals surface area (Å²) >= 11 is 11.5. The van der Waals surface area contributed by atoms with Gasteiger partial charge in [-0.05, 0) is 49.2 Å². The minimum atomic E-state index is -0.303. The summed E-state index contributed by atoms with van der Waals surface area (Å²) in [5.74, 6) is 0.478. The number of aromatic nitrogens is 4. The highest BCUT2D eigenvalue weighted by molar-refractivity contribution is 7.71. The SMILES string of the molecule is C[C@@H]1Cc2ccccc2N1c1nc2ncn(-c3ccc(Cl)cc3)c(=S)c2c(=O)[nH]1. The Morgan fingerprint density at radius 3 is 2.72 bits per heavy atom. The molecule has 0 unspecified atom stereocenters. The van der Waals surface area contributed by atoms with Crippen molar-refractivity contribution < 1.29 is 0 Å². The van der Waals surface area contributed by atoms with Crippen LogP contribution in [0, 0.1) is 4.64 Å². The molecular weight excluding hydrogens is 406 g/mol. The Bertz CT molecular complexity index is 1360. The number of aromatic amines is 1. The fourth-order valence-corrected chi connectivity index (χ4v) is 4.27. The molecule has 8 heteroatoms. The molecule has 0 aliphatic carbocycles. The van der Waals surface area contributed by atoms with E-state index in [4.69, 9.17) is 23.8 Å². The number of benzene rings is 2. The van der Waals surface area contributed by atoms with Crippen molar-refractivity contribution in [2.75, 3.05) is 4.90 Å². The van der Waals surface area contributed by atoms with Crippen LogP contribution in [0.4, 0.5) is 11.6 Å². The summed E-state index contributed by atoms with van der Waals surface area (Å²) in [7, 11) is 0. The fourth-order valence-electron chi connectivity index (χ4n) is 3.81. The average molecular weight is 422 g/mol. The molecule has 2 aromatic carbocycles. The summed E-state index contributed by atoms with van der Waals surface area (Å²) in [6, 6.07) is 15.5. The van der Waals surface area contributed by atoms with Crippen LogP contribution in [0.2, 0.25) is 5.02 Å². The Morgan fingerprint density at radius 2 is 1.93 bits per heavy atom. The first kappa shape index (κ1) is 18.0. The van der Waals surface area contributed by atoms with Crippen LogP contribution in [0.25, 0.3) is 16.7 Å². The lowest BCUT2D eigenvalue weighted by Gasteiger charge is -2.23. The second kappa shape index (κ2) is 6.79. The molecule has 144 valence electrons. The molecule has 1 aliphatic rings. The number of H-pyrrole nitrogens is 1. The molecule has 0 spiro atoms. The average Bonchev–Trinajstić information content (AvgIpc) is 3.04. The molecule has 1 aliphatic heterocycles. The highest BCUT2D eigenvalue weighted by Gasteiger charge is 2.29. The maximum atomic E-state index is 13.0. The smallest absolute Gasteiger partial charge is 0.264 e. The van der Waals surface area contributed by atoms with Gasteiger partial charge in [0.1, 0.15) is 16.4 Å². The van der Waals surface area contributed by atoms with E-state index < -0.39 is 0 Å². The van der Waals surface area contributed by atoms with E-state index in [1.165, 1.54) is 5.56 Å². The van der Waals surface area contributed by atoms with Gasteiger partial charge in [0, 0.05) is 22.4 Å². The molecule has 0 radical (unpaired) electrons. The van der Waals surface area contributed by atoms with E-state index in [0.29, 0.717) is 26.6 Å². The number of nitrogens with zero attached hydrogens (tertiary/aromatic N) is 4. The first-order valence-electron chi connectivity index (χ1n) is 9.17. The van der Waals surface area contributed by atoms with Crippen molar-refractivity contribution >= 4 is 46.5 Å². The third-order valence-corrected chi connectivity index (χ3v) is 5.81. The quantitative estimate of drug-likeness (QED) is 0.480. The van der Waals surface area contributed by atoms with Crippen LogP contribution >= 0.6 is 23.8 Å². The molecule has 0 fully saturated rings. The maximum absolute atomic E-state index is 13.0. The molecule has 29 heavy (non-hydrogen) atoms. The Hall–Kier alpha value is -3.03. The van der Waals surface area contributed by atoms with Gasteiger partial charge in [0.15, 0.2) is 5.65 Å². The first-order chi connectivity index (χ1) is 14.0. The summed E-state index contributed by atoms with van der Waals surface area (Å²) < 4.78 is 2.03. The predicted octanol–water partition coefficient (Wildman–Crippen LogP) is 4.57. The van der Waals surface area contributed by atoms with Crippen LogP contribution in [0.5, 0.6) is 0 Å². The van der Waals surface area contributed by atoms with Crippen molar-refractivity contribution in [3.63, 3.8) is 0 Å². The van der Waals surface area contributed by atoms with E-state index in [9.17, 15) is 4.79 Å². The molecule has 4 aromatic rings. The molecule has 0 saturated heterocycles. The molecule has 0 amide bonds. The number of halogens is 1. The Morgan fingerprint density at radius 1 is 1.17 bits per heavy atom. The van der Waals surface area contributed by atoms with Crippen molar-refractivity contribution in [2.24, 2.45) is 0 Å². The molecule has 2 aromatic heterocycles. The van der Waals surface area contributed by atoms with Crippen molar-refractivity contribution in [1.29, 1.82) is 0 Å². The number of anilines is 2. The lowest BCUT2D eigenvalue weighted by Crippen LogP contribution is -2.28. The number of rotatable bonds is 2. The van der Waals surface area contributed by atoms with Crippen LogP contribution < -0.4 is 10.5 Å². The lowest BCUT2D eigenvalue weighted by molar-refractivity contribution is 0.739. The van der Waals surface area contributed by atoms with Gasteiger partial charge >= 0.3 is 0 Å². The zero-order chi connectivity index (χ0) is 20.1. The molecule has 6 nitrogen and oxygen atoms in total. The van der Waals surface area contributed by atoms with Gasteiger partial charge in [0.2, 0.25) is 5.95 Å². The van der Waals surface area contributed by atoms with Crippen molar-refractivity contribution in [3.05, 3.63) is 80.4 Å². The van der Waals surface area contributed by atoms with E-state index in [1.54, 1.807) is 23.0 Å². The predicted molar refractivity (Wildman–Crippen MR) is 117 cm³/mol. The van der Waals surface area contributed by atoms with E-state index >= 15 is 0 Å². The number of hydrogen-bond donors (Lipinski definition) is 1. The third kappa shape index (κ3) is 2.94. The van der Waals surface area contributed by atoms with Gasteiger partial charge in [-0.1, -0.05) is 42.0 Å². The molecule has 0 bridgehead atoms. The number of fused-ring (bicyclic) bond motifs is 2. The summed E-state index contributed by atoms with van der Waals surface area (Å²) in [4.78, 5) is 27.0. The highest BCUT2D eigenvalue weighted by atomic mass is 35.5. The normalized spacial score (nSPS) is 15.7. The second-order valence-electron chi connectivity index (χ2n) is 7.04. The summed E-state index contributed by atoms with van der Waals surface area (Å²) in [6.07, 6.45) is 2.48. The first-order valence-corrected chi connectivity index (χ1v) is 9.96. The second-order valence-corrected chi connectivity index (χ2v) is 7.86. The van der Waals surface area contributed by atoms with E-state index in [1.807, 2.05) is 35.2 Å². The molecular formula is C21H16ClN5OS. The standard InChI is InChI=1S/C21H16ClN5OS/c1-12-10-13-4-2-3-5-16(13)27(12)21-24-18-17(19(28)25-21)20(29)26(11-23-18)15-8-6-14(22)7-9-15/h2-9,11-12H,10H2,1H3,(H,24,25,28)/t12-/m1/s1. The van der Waals surface area contributed by atoms with Gasteiger partial charge in [0.05, 0.1) is 0 Å². The number of para-hydroxylation sites is 1. The van der Waals surface area contributed by atoms with Crippen LogP contribution in [0.1, 0.15) is 12.5 Å². The Kier molecular flexibility index (Phi) is 4.22. The van der Waals surface area contributed by atoms with Gasteiger partial charge in [-0.3, -0.25) is 14.3 Å². The number of nitrogens with one attached hydrogen (secondary N) is 1. The van der Waals surface area contributed by atoms with Gasteiger partial charge in [-0.15, -0.1) is 0 Å². The molecule has 1 N–H and O–H groups in total. The Labute approximate surface area is 176 Å². The zero-order valence-electron chi connectivity index (χ0n) is 15.5. The summed E-state index contributed by atoms with van der Waals surface area (Å²) in [6.45, 7) is 2.11. The monoisotopic (exact) mass is 421 g/mol. The summed E-state index contributed by atoms with van der Waals surface area (Å²) in [5, 5.41) is 0.916. The van der Waals surface area contributed by atoms with Gasteiger partial charge in [-0.25, -0.2) is 4.98 Å². The van der Waals surface area contributed by atoms with Gasteiger partial charge < -0.3 is 4.90 Å². The minimum Gasteiger partial charge on any atom is -0.309 e.